The largest absolute Gasteiger partial charge is 0.717 e. The molecule has 6 atom stereocenters. The first-order chi connectivity index (χ1) is 26.1. The van der Waals surface area contributed by atoms with Gasteiger partial charge in [0.05, 0.1) is 16.6 Å². The smallest absolute Gasteiger partial charge is 0.553 e. The van der Waals surface area contributed by atoms with Gasteiger partial charge < -0.3 is 51.6 Å². The highest BCUT2D eigenvalue weighted by molar-refractivity contribution is 6.89. The third-order valence-corrected chi connectivity index (χ3v) is 35.5. The van der Waals surface area contributed by atoms with Crippen molar-refractivity contribution in [2.45, 2.75) is 207 Å². The van der Waals surface area contributed by atoms with E-state index in [1.54, 1.807) is 0 Å². The molecule has 60 heavy (non-hydrogen) atoms. The van der Waals surface area contributed by atoms with Crippen molar-refractivity contribution in [2.24, 2.45) is 5.41 Å². The second-order valence-corrected chi connectivity index (χ2v) is 62.6. The Morgan fingerprint density at radius 3 is 0.933 bits per heavy atom. The molecule has 0 spiro atoms. The summed E-state index contributed by atoms with van der Waals surface area (Å²) in [5, 5.41) is 0.482. The lowest BCUT2D eigenvalue weighted by Crippen LogP contribution is -2.92. The van der Waals surface area contributed by atoms with Crippen molar-refractivity contribution in [1.82, 2.24) is 0 Å². The van der Waals surface area contributed by atoms with Gasteiger partial charge in [0, 0.05) is 0 Å². The first-order valence-corrected chi connectivity index (χ1v) is 51.8. The van der Waals surface area contributed by atoms with Crippen LogP contribution in [0.1, 0.15) is 41.5 Å². The number of hydrogen-bond acceptors (Lipinski definition) is 12. The quantitative estimate of drug-likeness (QED) is 0.103. The molecule has 0 aromatic heterocycles. The van der Waals surface area contributed by atoms with Crippen LogP contribution in [0.5, 0.6) is 0 Å². The van der Waals surface area contributed by atoms with Crippen molar-refractivity contribution in [3.05, 3.63) is 11.1 Å². The fourth-order valence-electron chi connectivity index (χ4n) is 8.92. The predicted molar refractivity (Wildman–Crippen MR) is 286 cm³/mol. The SMILES string of the molecule is CC1(O[SiH3])C(C)(O[SiH3])C(C)(O[SiH3])C(C)(C(O[SiH3])=C(O[Si](O[Si](C)(C)C)(O[Si](C)(C)C)O[Si](C)(C)C)[SiH](O[Si](C)(C)C)O[Si](C)(C)C)C(C)(O[Si](C)(C)C)C1(C)O[Si](C)(C)C. The lowest BCUT2D eigenvalue weighted by molar-refractivity contribution is -0.372. The highest BCUT2D eigenvalue weighted by Crippen LogP contribution is 2.70. The molecule has 25 heteroatoms. The Labute approximate surface area is 391 Å². The number of rotatable bonds is 22. The van der Waals surface area contributed by atoms with Crippen molar-refractivity contribution in [3.8, 4) is 0 Å². The molecule has 0 heterocycles. The van der Waals surface area contributed by atoms with Crippen LogP contribution in [0.25, 0.3) is 0 Å². The van der Waals surface area contributed by atoms with Gasteiger partial charge in [0.25, 0.3) is 0 Å². The van der Waals surface area contributed by atoms with E-state index in [1.807, 2.05) is 0 Å². The fourth-order valence-corrected chi connectivity index (χ4v) is 34.9. The Hall–Kier alpha value is 1.76. The van der Waals surface area contributed by atoms with Crippen LogP contribution < -0.4 is 0 Å². The standard InChI is InChI=1S/C35H94O12Si13/c1-30(31(2,38-49)33(4,39-50)34(5,40-51)35(6,42-54(10,11)12)32(30,3)41-53(7,8)9)28(36-48)29(52(43-55(13,14)15)44-56(16,17)18)37-60(45-57(19,20)21,46-58(22,23)24)47-59(25,26)27/h52H,1-27,48-51H3. The van der Waals surface area contributed by atoms with Crippen LogP contribution in [0.4, 0.5) is 0 Å². The Balaban J connectivity index is 5.37. The molecule has 1 aliphatic carbocycles. The highest BCUT2D eigenvalue weighted by atomic mass is 28.5. The first-order valence-electron chi connectivity index (χ1n) is 21.6. The van der Waals surface area contributed by atoms with E-state index in [-0.39, 0.29) is 10.5 Å². The van der Waals surface area contributed by atoms with Crippen LogP contribution in [0, 0.1) is 5.41 Å². The molecule has 1 rings (SSSR count). The van der Waals surface area contributed by atoms with E-state index in [2.05, 4.69) is 179 Å². The third-order valence-electron chi connectivity index (χ3n) is 11.3. The van der Waals surface area contributed by atoms with Crippen molar-refractivity contribution in [1.29, 1.82) is 0 Å². The van der Waals surface area contributed by atoms with Gasteiger partial charge >= 0.3 is 18.3 Å². The summed E-state index contributed by atoms with van der Waals surface area (Å²) in [7, 11) is -22.7. The highest BCUT2D eigenvalue weighted by Gasteiger charge is 2.85. The van der Waals surface area contributed by atoms with Crippen molar-refractivity contribution in [3.63, 3.8) is 0 Å². The molecule has 1 saturated carbocycles. The van der Waals surface area contributed by atoms with Crippen LogP contribution in [0.15, 0.2) is 11.1 Å². The summed E-state index contributed by atoms with van der Waals surface area (Å²) in [5.41, 5.74) is -6.89. The molecule has 0 amide bonds. The second kappa shape index (κ2) is 19.0. The Kier molecular flexibility index (Phi) is 19.0. The first kappa shape index (κ1) is 59.8. The Bertz CT molecular complexity index is 1440. The fraction of sp³-hybridized carbons (Fsp3) is 0.943. The molecular weight excluding hydrogens is 977 g/mol. The van der Waals surface area contributed by atoms with Crippen LogP contribution in [0.2, 0.25) is 137 Å². The van der Waals surface area contributed by atoms with Gasteiger partial charge in [0.1, 0.15) is 54.0 Å². The average molecular weight is 1070 g/mol. The number of hydrogen-bond donors (Lipinski definition) is 0. The molecule has 0 radical (unpaired) electrons. The normalized spacial score (nSPS) is 31.3. The monoisotopic (exact) mass is 1070 g/mol. The minimum absolute atomic E-state index is 0.277. The van der Waals surface area contributed by atoms with E-state index < -0.39 is 110 Å². The molecule has 0 N–H and O–H groups in total. The second-order valence-electron chi connectivity index (χ2n) is 24.3. The Morgan fingerprint density at radius 2 is 0.683 bits per heavy atom. The predicted octanol–water partition coefficient (Wildman–Crippen LogP) is 5.37. The topological polar surface area (TPSA) is 111 Å². The van der Waals surface area contributed by atoms with Gasteiger partial charge in [-0.05, 0) is 179 Å². The summed E-state index contributed by atoms with van der Waals surface area (Å²) < 4.78 is 88.5. The average Bonchev–Trinajstić information content (AvgIpc) is 2.96. The molecule has 1 fully saturated rings. The van der Waals surface area contributed by atoms with Crippen molar-refractivity contribution < 1.29 is 51.6 Å². The third kappa shape index (κ3) is 13.0. The maximum absolute atomic E-state index is 7.86. The van der Waals surface area contributed by atoms with E-state index in [4.69, 9.17) is 51.6 Å². The van der Waals surface area contributed by atoms with Gasteiger partial charge in [-0.15, -0.1) is 0 Å². The summed E-state index contributed by atoms with van der Waals surface area (Å²) in [5.74, 6) is 0.543. The zero-order valence-electron chi connectivity index (χ0n) is 44.5. The molecule has 0 aromatic rings. The summed E-state index contributed by atoms with van der Waals surface area (Å²) in [6, 6.07) is 0. The molecule has 12 nitrogen and oxygen atoms in total. The van der Waals surface area contributed by atoms with Crippen molar-refractivity contribution >= 4 is 118 Å². The summed E-state index contributed by atoms with van der Waals surface area (Å²) >= 11 is 0. The molecule has 6 unspecified atom stereocenters. The molecule has 0 aliphatic heterocycles. The van der Waals surface area contributed by atoms with E-state index >= 15 is 0 Å². The van der Waals surface area contributed by atoms with Crippen LogP contribution in [-0.4, -0.2) is 147 Å². The maximum Gasteiger partial charge on any atom is 0.717 e. The van der Waals surface area contributed by atoms with Gasteiger partial charge in [0.2, 0.25) is 10.5 Å². The molecule has 0 aromatic carbocycles. The summed E-state index contributed by atoms with van der Waals surface area (Å²) in [6.07, 6.45) is 0. The van der Waals surface area contributed by atoms with Gasteiger partial charge in [-0.1, -0.05) is 0 Å². The molecule has 358 valence electrons. The minimum atomic E-state index is -4.12. The van der Waals surface area contributed by atoms with Crippen LogP contribution >= 0.6 is 0 Å². The Morgan fingerprint density at radius 1 is 0.383 bits per heavy atom. The molecule has 0 bridgehead atoms. The van der Waals surface area contributed by atoms with E-state index in [1.165, 1.54) is 0 Å². The minimum Gasteiger partial charge on any atom is -0.553 e. The lowest BCUT2D eigenvalue weighted by Gasteiger charge is -2.77. The van der Waals surface area contributed by atoms with Gasteiger partial charge in [0.15, 0.2) is 63.6 Å². The molecule has 1 aliphatic rings. The van der Waals surface area contributed by atoms with Crippen molar-refractivity contribution in [2.75, 3.05) is 0 Å². The summed E-state index contributed by atoms with van der Waals surface area (Å²) in [6.45, 7) is 59.1. The maximum atomic E-state index is 7.86. The molecule has 0 saturated heterocycles. The van der Waals surface area contributed by atoms with E-state index in [0.29, 0.717) is 42.6 Å². The van der Waals surface area contributed by atoms with E-state index in [9.17, 15) is 0 Å². The van der Waals surface area contributed by atoms with Crippen LogP contribution in [0.3, 0.4) is 0 Å². The van der Waals surface area contributed by atoms with E-state index in [0.717, 1.165) is 0 Å². The van der Waals surface area contributed by atoms with Gasteiger partial charge in [-0.2, -0.15) is 0 Å². The van der Waals surface area contributed by atoms with Crippen LogP contribution in [-0.2, 0) is 51.6 Å². The van der Waals surface area contributed by atoms with Gasteiger partial charge in [-0.25, -0.2) is 0 Å². The van der Waals surface area contributed by atoms with Gasteiger partial charge in [-0.3, -0.25) is 0 Å². The molecular formula is C35H94O12Si13. The zero-order valence-corrected chi connectivity index (χ0v) is 61.6. The zero-order chi connectivity index (χ0) is 48.2. The summed E-state index contributed by atoms with van der Waals surface area (Å²) in [4.78, 5) is 0. The lowest BCUT2D eigenvalue weighted by atomic mass is 9.42.